The summed E-state index contributed by atoms with van der Waals surface area (Å²) in [5, 5.41) is 0. The van der Waals surface area contributed by atoms with Gasteiger partial charge in [0.1, 0.15) is 6.17 Å². The van der Waals surface area contributed by atoms with Gasteiger partial charge >= 0.3 is 0 Å². The molecule has 4 nitrogen and oxygen atoms in total. The number of aromatic nitrogens is 2. The van der Waals surface area contributed by atoms with Crippen LogP contribution in [-0.4, -0.2) is 36.3 Å². The molecule has 0 bridgehead atoms. The predicted octanol–water partition coefficient (Wildman–Crippen LogP) is 1.42. The molecule has 1 unspecified atom stereocenters. The first-order valence-corrected chi connectivity index (χ1v) is 5.05. The average molecular weight is 211 g/mol. The lowest BCUT2D eigenvalue weighted by Crippen LogP contribution is -2.37. The van der Waals surface area contributed by atoms with Crippen LogP contribution in [0.3, 0.4) is 0 Å². The molecule has 0 N–H and O–H groups in total. The molecule has 0 aromatic carbocycles. The van der Waals surface area contributed by atoms with Crippen molar-refractivity contribution in [2.75, 3.05) is 25.1 Å². The number of nitrogens with zero attached hydrogens (tertiary/aromatic N) is 3. The number of rotatable bonds is 2. The number of anilines is 1. The normalized spacial score (nSPS) is 21.5. The van der Waals surface area contributed by atoms with Gasteiger partial charge in [-0.3, -0.25) is 0 Å². The zero-order valence-corrected chi connectivity index (χ0v) is 8.69. The number of alkyl halides is 1. The summed E-state index contributed by atoms with van der Waals surface area (Å²) >= 11 is 0. The molecule has 0 radical (unpaired) electrons. The Morgan fingerprint density at radius 2 is 2.47 bits per heavy atom. The molecular weight excluding hydrogens is 197 g/mol. The summed E-state index contributed by atoms with van der Waals surface area (Å²) in [6.07, 6.45) is 2.35. The second-order valence-electron chi connectivity index (χ2n) is 3.58. The van der Waals surface area contributed by atoms with Crippen molar-refractivity contribution in [1.82, 2.24) is 9.97 Å². The third-order valence-electron chi connectivity index (χ3n) is 2.47. The second-order valence-corrected chi connectivity index (χ2v) is 3.58. The highest BCUT2D eigenvalue weighted by Crippen LogP contribution is 2.19. The molecule has 1 aliphatic rings. The molecule has 2 rings (SSSR count). The Balaban J connectivity index is 2.13. The number of ether oxygens (including phenoxy) is 1. The van der Waals surface area contributed by atoms with Crippen molar-refractivity contribution >= 4 is 5.95 Å². The second kappa shape index (κ2) is 4.42. The van der Waals surface area contributed by atoms with Gasteiger partial charge in [0.15, 0.2) is 0 Å². The van der Waals surface area contributed by atoms with Crippen molar-refractivity contribution < 1.29 is 9.13 Å². The maximum absolute atomic E-state index is 13.2. The zero-order valence-electron chi connectivity index (χ0n) is 8.69. The van der Waals surface area contributed by atoms with Crippen LogP contribution in [0.25, 0.3) is 0 Å². The van der Waals surface area contributed by atoms with Crippen LogP contribution < -0.4 is 9.64 Å². The fraction of sp³-hybridized carbons (Fsp3) is 0.600. The Hall–Kier alpha value is -1.39. The molecule has 5 heteroatoms. The summed E-state index contributed by atoms with van der Waals surface area (Å²) in [6, 6.07) is 1.68. The lowest BCUT2D eigenvalue weighted by molar-refractivity contribution is 0.284. The van der Waals surface area contributed by atoms with E-state index < -0.39 is 6.17 Å². The number of piperidine rings is 1. The van der Waals surface area contributed by atoms with E-state index in [1.54, 1.807) is 19.4 Å². The predicted molar refractivity (Wildman–Crippen MR) is 54.9 cm³/mol. The van der Waals surface area contributed by atoms with Crippen molar-refractivity contribution in [3.05, 3.63) is 12.3 Å². The Kier molecular flexibility index (Phi) is 2.99. The lowest BCUT2D eigenvalue weighted by atomic mass is 10.1. The van der Waals surface area contributed by atoms with E-state index in [9.17, 15) is 4.39 Å². The van der Waals surface area contributed by atoms with Crippen LogP contribution >= 0.6 is 0 Å². The van der Waals surface area contributed by atoms with Crippen LogP contribution in [0, 0.1) is 0 Å². The van der Waals surface area contributed by atoms with Gasteiger partial charge in [0, 0.05) is 18.8 Å². The minimum Gasteiger partial charge on any atom is -0.481 e. The van der Waals surface area contributed by atoms with Gasteiger partial charge in [0.05, 0.1) is 13.7 Å². The third-order valence-corrected chi connectivity index (χ3v) is 2.47. The van der Waals surface area contributed by atoms with Gasteiger partial charge in [-0.1, -0.05) is 0 Å². The first kappa shape index (κ1) is 10.1. The van der Waals surface area contributed by atoms with Crippen LogP contribution in [0.15, 0.2) is 12.3 Å². The standard InChI is InChI=1S/C10H14FN3O/c1-15-9-4-5-12-10(13-9)14-6-2-3-8(11)7-14/h4-5,8H,2-3,6-7H2,1H3. The van der Waals surface area contributed by atoms with Crippen LogP contribution in [0.4, 0.5) is 10.3 Å². The molecule has 0 saturated carbocycles. The van der Waals surface area contributed by atoms with Crippen LogP contribution in [0.1, 0.15) is 12.8 Å². The van der Waals surface area contributed by atoms with Gasteiger partial charge in [-0.05, 0) is 12.8 Å². The minimum atomic E-state index is -0.770. The van der Waals surface area contributed by atoms with Crippen molar-refractivity contribution in [2.45, 2.75) is 19.0 Å². The van der Waals surface area contributed by atoms with Gasteiger partial charge in [0.25, 0.3) is 0 Å². The quantitative estimate of drug-likeness (QED) is 0.741. The van der Waals surface area contributed by atoms with E-state index in [1.807, 2.05) is 4.90 Å². The van der Waals surface area contributed by atoms with Crippen molar-refractivity contribution in [3.8, 4) is 5.88 Å². The van der Waals surface area contributed by atoms with Crippen LogP contribution in [-0.2, 0) is 0 Å². The summed E-state index contributed by atoms with van der Waals surface area (Å²) in [5.74, 6) is 1.07. The number of methoxy groups -OCH3 is 1. The first-order chi connectivity index (χ1) is 7.29. The number of hydrogen-bond donors (Lipinski definition) is 0. The molecule has 1 aliphatic heterocycles. The lowest BCUT2D eigenvalue weighted by Gasteiger charge is -2.28. The van der Waals surface area contributed by atoms with E-state index in [-0.39, 0.29) is 0 Å². The van der Waals surface area contributed by atoms with Gasteiger partial charge in [-0.2, -0.15) is 4.98 Å². The van der Waals surface area contributed by atoms with Crippen LogP contribution in [0.2, 0.25) is 0 Å². The Labute approximate surface area is 88.1 Å². The molecular formula is C10H14FN3O. The number of hydrogen-bond acceptors (Lipinski definition) is 4. The van der Waals surface area contributed by atoms with E-state index >= 15 is 0 Å². The largest absolute Gasteiger partial charge is 0.481 e. The maximum atomic E-state index is 13.2. The van der Waals surface area contributed by atoms with E-state index in [1.165, 1.54) is 0 Å². The fourth-order valence-electron chi connectivity index (χ4n) is 1.71. The highest BCUT2D eigenvalue weighted by atomic mass is 19.1. The molecule has 82 valence electrons. The van der Waals surface area contributed by atoms with Gasteiger partial charge < -0.3 is 9.64 Å². The Bertz CT molecular complexity index is 334. The number of halogens is 1. The molecule has 1 saturated heterocycles. The highest BCUT2D eigenvalue weighted by Gasteiger charge is 2.21. The van der Waals surface area contributed by atoms with E-state index in [0.29, 0.717) is 24.8 Å². The molecule has 1 aromatic rings. The SMILES string of the molecule is COc1ccnc(N2CCCC(F)C2)n1. The van der Waals surface area contributed by atoms with Crippen LogP contribution in [0.5, 0.6) is 5.88 Å². The average Bonchev–Trinajstić information content (AvgIpc) is 2.29. The van der Waals surface area contributed by atoms with Crippen molar-refractivity contribution in [3.63, 3.8) is 0 Å². The topological polar surface area (TPSA) is 38.2 Å². The minimum absolute atomic E-state index is 0.382. The summed E-state index contributed by atoms with van der Waals surface area (Å²) in [7, 11) is 1.56. The summed E-state index contributed by atoms with van der Waals surface area (Å²) in [5.41, 5.74) is 0. The third kappa shape index (κ3) is 2.34. The molecule has 0 spiro atoms. The van der Waals surface area contributed by atoms with E-state index in [4.69, 9.17) is 4.74 Å². The summed E-state index contributed by atoms with van der Waals surface area (Å²) < 4.78 is 18.2. The Morgan fingerprint density at radius 3 is 3.20 bits per heavy atom. The molecule has 15 heavy (non-hydrogen) atoms. The molecule has 1 atom stereocenters. The smallest absolute Gasteiger partial charge is 0.228 e. The van der Waals surface area contributed by atoms with Gasteiger partial charge in [0.2, 0.25) is 11.8 Å². The summed E-state index contributed by atoms with van der Waals surface area (Å²) in [4.78, 5) is 10.1. The maximum Gasteiger partial charge on any atom is 0.228 e. The van der Waals surface area contributed by atoms with Crippen molar-refractivity contribution in [2.24, 2.45) is 0 Å². The van der Waals surface area contributed by atoms with Crippen molar-refractivity contribution in [1.29, 1.82) is 0 Å². The highest BCUT2D eigenvalue weighted by molar-refractivity contribution is 5.32. The monoisotopic (exact) mass is 211 g/mol. The molecule has 0 amide bonds. The van der Waals surface area contributed by atoms with E-state index in [2.05, 4.69) is 9.97 Å². The molecule has 1 fully saturated rings. The fourth-order valence-corrected chi connectivity index (χ4v) is 1.71. The Morgan fingerprint density at radius 1 is 1.60 bits per heavy atom. The molecule has 1 aromatic heterocycles. The first-order valence-electron chi connectivity index (χ1n) is 5.05. The van der Waals surface area contributed by atoms with Gasteiger partial charge in [-0.25, -0.2) is 9.37 Å². The van der Waals surface area contributed by atoms with Gasteiger partial charge in [-0.15, -0.1) is 0 Å². The van der Waals surface area contributed by atoms with E-state index in [0.717, 1.165) is 13.0 Å². The molecule has 2 heterocycles. The summed E-state index contributed by atoms with van der Waals surface area (Å²) in [6.45, 7) is 1.20. The zero-order chi connectivity index (χ0) is 10.7. The molecule has 0 aliphatic carbocycles.